The fourth-order valence-electron chi connectivity index (χ4n) is 2.28. The van der Waals surface area contributed by atoms with Gasteiger partial charge in [-0.15, -0.1) is 0 Å². The summed E-state index contributed by atoms with van der Waals surface area (Å²) in [5.74, 6) is 0.244. The van der Waals surface area contributed by atoms with Gasteiger partial charge in [-0.3, -0.25) is 4.90 Å². The Morgan fingerprint density at radius 1 is 1.38 bits per heavy atom. The molecular formula is C10H19F3N2O. The quantitative estimate of drug-likeness (QED) is 0.747. The molecule has 0 amide bonds. The molecule has 0 radical (unpaired) electrons. The molecule has 16 heavy (non-hydrogen) atoms. The maximum atomic E-state index is 12.4. The first-order valence-electron chi connectivity index (χ1n) is 5.60. The number of aliphatic hydroxyl groups is 1. The van der Waals surface area contributed by atoms with Gasteiger partial charge in [0.05, 0.1) is 13.2 Å². The second-order valence-electron chi connectivity index (χ2n) is 4.20. The molecule has 96 valence electrons. The van der Waals surface area contributed by atoms with Crippen molar-refractivity contribution in [2.45, 2.75) is 25.6 Å². The Morgan fingerprint density at radius 2 is 2.06 bits per heavy atom. The van der Waals surface area contributed by atoms with Crippen molar-refractivity contribution in [3.63, 3.8) is 0 Å². The average molecular weight is 240 g/mol. The van der Waals surface area contributed by atoms with Gasteiger partial charge in [0.1, 0.15) is 0 Å². The normalized spacial score (nSPS) is 26.6. The molecule has 0 aliphatic carbocycles. The van der Waals surface area contributed by atoms with Gasteiger partial charge >= 0.3 is 6.18 Å². The summed E-state index contributed by atoms with van der Waals surface area (Å²) in [7, 11) is 0. The highest BCUT2D eigenvalue weighted by molar-refractivity contribution is 4.88. The van der Waals surface area contributed by atoms with E-state index in [9.17, 15) is 13.2 Å². The van der Waals surface area contributed by atoms with Crippen molar-refractivity contribution in [3.8, 4) is 0 Å². The van der Waals surface area contributed by atoms with Gasteiger partial charge in [-0.1, -0.05) is 13.3 Å². The van der Waals surface area contributed by atoms with Crippen LogP contribution in [0.4, 0.5) is 13.2 Å². The lowest BCUT2D eigenvalue weighted by Gasteiger charge is -2.32. The Kier molecular flexibility index (Phi) is 5.01. The van der Waals surface area contributed by atoms with Crippen LogP contribution in [-0.2, 0) is 0 Å². The van der Waals surface area contributed by atoms with Crippen molar-refractivity contribution in [1.29, 1.82) is 0 Å². The minimum atomic E-state index is -4.20. The maximum absolute atomic E-state index is 12.4. The van der Waals surface area contributed by atoms with Gasteiger partial charge in [-0.25, -0.2) is 0 Å². The Bertz CT molecular complexity index is 211. The van der Waals surface area contributed by atoms with Gasteiger partial charge in [0.25, 0.3) is 0 Å². The van der Waals surface area contributed by atoms with Crippen LogP contribution in [0.5, 0.6) is 0 Å². The summed E-state index contributed by atoms with van der Waals surface area (Å²) in [4.78, 5) is 1.34. The Hall–Kier alpha value is -0.330. The Labute approximate surface area is 93.6 Å². The van der Waals surface area contributed by atoms with Crippen molar-refractivity contribution < 1.29 is 18.3 Å². The topological polar surface area (TPSA) is 35.5 Å². The predicted octanol–water partition coefficient (Wildman–Crippen LogP) is 0.841. The Morgan fingerprint density at radius 3 is 2.56 bits per heavy atom. The first-order chi connectivity index (χ1) is 7.48. The van der Waals surface area contributed by atoms with E-state index in [0.717, 1.165) is 13.0 Å². The van der Waals surface area contributed by atoms with Crippen LogP contribution >= 0.6 is 0 Å². The number of nitrogens with one attached hydrogen (secondary N) is 1. The molecule has 2 atom stereocenters. The molecule has 1 rings (SSSR count). The number of halogens is 3. The minimum Gasteiger partial charge on any atom is -0.395 e. The predicted molar refractivity (Wildman–Crippen MR) is 55.2 cm³/mol. The molecule has 6 heteroatoms. The van der Waals surface area contributed by atoms with Crippen molar-refractivity contribution in [3.05, 3.63) is 0 Å². The largest absolute Gasteiger partial charge is 0.401 e. The second kappa shape index (κ2) is 5.84. The van der Waals surface area contributed by atoms with Crippen LogP contribution in [0.25, 0.3) is 0 Å². The molecule has 1 aliphatic rings. The summed E-state index contributed by atoms with van der Waals surface area (Å²) in [6.07, 6.45) is -3.34. The van der Waals surface area contributed by atoms with Gasteiger partial charge in [0, 0.05) is 19.1 Å². The van der Waals surface area contributed by atoms with E-state index in [1.54, 1.807) is 0 Å². The van der Waals surface area contributed by atoms with Crippen LogP contribution in [0.15, 0.2) is 0 Å². The molecule has 0 bridgehead atoms. The molecule has 1 saturated heterocycles. The molecule has 0 aromatic heterocycles. The number of hydrogen-bond acceptors (Lipinski definition) is 3. The van der Waals surface area contributed by atoms with Crippen LogP contribution in [0, 0.1) is 5.92 Å². The number of hydrogen-bond donors (Lipinski definition) is 2. The molecule has 2 N–H and O–H groups in total. The zero-order chi connectivity index (χ0) is 12.2. The summed E-state index contributed by atoms with van der Waals surface area (Å²) < 4.78 is 37.1. The zero-order valence-electron chi connectivity index (χ0n) is 9.43. The third-order valence-corrected chi connectivity index (χ3v) is 3.07. The summed E-state index contributed by atoms with van der Waals surface area (Å²) in [5, 5.41) is 11.9. The van der Waals surface area contributed by atoms with E-state index in [2.05, 4.69) is 5.32 Å². The summed E-state index contributed by atoms with van der Waals surface area (Å²) >= 11 is 0. The van der Waals surface area contributed by atoms with E-state index < -0.39 is 12.7 Å². The van der Waals surface area contributed by atoms with Gasteiger partial charge in [-0.05, 0) is 12.5 Å². The molecule has 1 heterocycles. The molecule has 0 spiro atoms. The minimum absolute atomic E-state index is 0.0857. The van der Waals surface area contributed by atoms with Crippen LogP contribution in [0.2, 0.25) is 0 Å². The number of aliphatic hydroxyl groups excluding tert-OH is 1. The van der Waals surface area contributed by atoms with Gasteiger partial charge in [0.2, 0.25) is 0 Å². The van der Waals surface area contributed by atoms with Gasteiger partial charge in [0.15, 0.2) is 0 Å². The summed E-state index contributed by atoms with van der Waals surface area (Å²) in [6, 6.07) is -0.112. The molecule has 2 unspecified atom stereocenters. The molecule has 1 aliphatic heterocycles. The maximum Gasteiger partial charge on any atom is 0.401 e. The van der Waals surface area contributed by atoms with E-state index in [1.807, 2.05) is 6.92 Å². The van der Waals surface area contributed by atoms with E-state index >= 15 is 0 Å². The van der Waals surface area contributed by atoms with Crippen LogP contribution in [-0.4, -0.2) is 55.0 Å². The lowest BCUT2D eigenvalue weighted by atomic mass is 9.99. The van der Waals surface area contributed by atoms with Gasteiger partial charge < -0.3 is 10.4 Å². The molecular weight excluding hydrogens is 221 g/mol. The van der Waals surface area contributed by atoms with Crippen molar-refractivity contribution >= 4 is 0 Å². The smallest absolute Gasteiger partial charge is 0.395 e. The van der Waals surface area contributed by atoms with Crippen LogP contribution < -0.4 is 5.32 Å². The molecule has 1 fully saturated rings. The third kappa shape index (κ3) is 3.92. The van der Waals surface area contributed by atoms with E-state index in [0.29, 0.717) is 6.54 Å². The lowest BCUT2D eigenvalue weighted by molar-refractivity contribution is -0.152. The van der Waals surface area contributed by atoms with Crippen molar-refractivity contribution in [2.24, 2.45) is 5.92 Å². The third-order valence-electron chi connectivity index (χ3n) is 3.07. The first kappa shape index (κ1) is 13.7. The monoisotopic (exact) mass is 240 g/mol. The van der Waals surface area contributed by atoms with Gasteiger partial charge in [-0.2, -0.15) is 13.2 Å². The fraction of sp³-hybridized carbons (Fsp3) is 1.00. The first-order valence-corrected chi connectivity index (χ1v) is 5.60. The van der Waals surface area contributed by atoms with E-state index in [4.69, 9.17) is 5.11 Å². The summed E-state index contributed by atoms with van der Waals surface area (Å²) in [5.41, 5.74) is 0. The SMILES string of the molecule is CCC1CNCC1N(CCO)CC(F)(F)F. The average Bonchev–Trinajstić information content (AvgIpc) is 2.62. The van der Waals surface area contributed by atoms with Crippen molar-refractivity contribution in [2.75, 3.05) is 32.8 Å². The standard InChI is InChI=1S/C10H19F3N2O/c1-2-8-5-14-6-9(8)15(3-4-16)7-10(11,12)13/h8-9,14,16H,2-7H2,1H3. The van der Waals surface area contributed by atoms with E-state index in [-0.39, 0.29) is 25.1 Å². The highest BCUT2D eigenvalue weighted by atomic mass is 19.4. The van der Waals surface area contributed by atoms with Crippen molar-refractivity contribution in [1.82, 2.24) is 10.2 Å². The number of nitrogens with zero attached hydrogens (tertiary/aromatic N) is 1. The van der Waals surface area contributed by atoms with Crippen LogP contribution in [0.1, 0.15) is 13.3 Å². The van der Waals surface area contributed by atoms with Crippen LogP contribution in [0.3, 0.4) is 0 Å². The number of rotatable bonds is 5. The number of alkyl halides is 3. The Balaban J connectivity index is 2.61. The molecule has 0 aromatic carbocycles. The highest BCUT2D eigenvalue weighted by Crippen LogP contribution is 2.23. The summed E-state index contributed by atoms with van der Waals surface area (Å²) in [6.45, 7) is 2.24. The second-order valence-corrected chi connectivity index (χ2v) is 4.20. The van der Waals surface area contributed by atoms with E-state index in [1.165, 1.54) is 4.90 Å². The molecule has 3 nitrogen and oxygen atoms in total. The molecule has 0 aromatic rings. The molecule has 0 saturated carbocycles. The zero-order valence-corrected chi connectivity index (χ0v) is 9.43. The lowest BCUT2D eigenvalue weighted by Crippen LogP contribution is -2.46. The fourth-order valence-corrected chi connectivity index (χ4v) is 2.28. The highest BCUT2D eigenvalue weighted by Gasteiger charge is 2.37.